The minimum atomic E-state index is 0.306. The van der Waals surface area contributed by atoms with Crippen LogP contribution < -0.4 is 15.8 Å². The topological polar surface area (TPSA) is 73.1 Å². The summed E-state index contributed by atoms with van der Waals surface area (Å²) in [6, 6.07) is 0.306. The van der Waals surface area contributed by atoms with Crippen LogP contribution in [-0.2, 0) is 0 Å². The zero-order valence-electron chi connectivity index (χ0n) is 8.66. The normalized spacial score (nSPS) is 10.1. The molecule has 84 valence electrons. The van der Waals surface area contributed by atoms with Crippen molar-refractivity contribution in [2.75, 3.05) is 25.5 Å². The number of rotatable bonds is 6. The second-order valence-corrected chi connectivity index (χ2v) is 3.38. The molecule has 0 aromatic carbocycles. The number of halogens is 1. The predicted octanol–water partition coefficient (Wildman–Crippen LogP) is 1.29. The van der Waals surface area contributed by atoms with E-state index in [9.17, 15) is 0 Å². The van der Waals surface area contributed by atoms with Crippen LogP contribution in [0.25, 0.3) is 0 Å². The van der Waals surface area contributed by atoms with Crippen LogP contribution in [0, 0.1) is 0 Å². The Morgan fingerprint density at radius 2 is 2.33 bits per heavy atom. The van der Waals surface area contributed by atoms with Crippen molar-refractivity contribution in [3.8, 4) is 6.01 Å². The van der Waals surface area contributed by atoms with Crippen LogP contribution in [0.15, 0.2) is 6.20 Å². The first-order valence-electron chi connectivity index (χ1n) is 4.78. The number of aromatic nitrogens is 2. The Balaban J connectivity index is 2.51. The Labute approximate surface area is 94.0 Å². The lowest BCUT2D eigenvalue weighted by atomic mass is 10.3. The Kier molecular flexibility index (Phi) is 5.14. The summed E-state index contributed by atoms with van der Waals surface area (Å²) in [5.41, 5.74) is 5.38. The summed E-state index contributed by atoms with van der Waals surface area (Å²) >= 11 is 5.90. The molecule has 0 aliphatic heterocycles. The van der Waals surface area contributed by atoms with Crippen molar-refractivity contribution in [3.05, 3.63) is 11.2 Å². The molecule has 5 nitrogen and oxygen atoms in total. The predicted molar refractivity (Wildman–Crippen MR) is 60.4 cm³/mol. The summed E-state index contributed by atoms with van der Waals surface area (Å²) < 4.78 is 4.90. The molecule has 15 heavy (non-hydrogen) atoms. The summed E-state index contributed by atoms with van der Waals surface area (Å²) in [4.78, 5) is 7.96. The van der Waals surface area contributed by atoms with Gasteiger partial charge in [-0.3, -0.25) is 0 Å². The Hall–Kier alpha value is -1.07. The van der Waals surface area contributed by atoms with Gasteiger partial charge >= 0.3 is 6.01 Å². The third-order valence-corrected chi connectivity index (χ3v) is 2.10. The fraction of sp³-hybridized carbons (Fsp3) is 0.556. The smallest absolute Gasteiger partial charge is 0.318 e. The maximum Gasteiger partial charge on any atom is 0.318 e. The number of ether oxygens (including phenoxy) is 1. The SMILES string of the molecule is COc1ncc(Cl)c(NCCCCN)n1. The van der Waals surface area contributed by atoms with Crippen LogP contribution in [0.4, 0.5) is 5.82 Å². The van der Waals surface area contributed by atoms with Gasteiger partial charge in [0.05, 0.1) is 13.3 Å². The largest absolute Gasteiger partial charge is 0.467 e. The van der Waals surface area contributed by atoms with Crippen LogP contribution >= 0.6 is 11.6 Å². The molecule has 6 heteroatoms. The van der Waals surface area contributed by atoms with Gasteiger partial charge < -0.3 is 15.8 Å². The summed E-state index contributed by atoms with van der Waals surface area (Å²) in [5.74, 6) is 0.598. The first-order valence-corrected chi connectivity index (χ1v) is 5.16. The molecule has 0 saturated carbocycles. The fourth-order valence-corrected chi connectivity index (χ4v) is 1.21. The number of anilines is 1. The highest BCUT2D eigenvalue weighted by atomic mass is 35.5. The summed E-state index contributed by atoms with van der Waals surface area (Å²) in [5, 5.41) is 3.59. The van der Waals surface area contributed by atoms with E-state index in [1.807, 2.05) is 0 Å². The molecule has 1 rings (SSSR count). The molecular formula is C9H15ClN4O. The van der Waals surface area contributed by atoms with E-state index in [2.05, 4.69) is 15.3 Å². The van der Waals surface area contributed by atoms with E-state index in [1.54, 1.807) is 0 Å². The Morgan fingerprint density at radius 3 is 3.00 bits per heavy atom. The van der Waals surface area contributed by atoms with Gasteiger partial charge in [0.25, 0.3) is 0 Å². The Bertz CT molecular complexity index is 308. The van der Waals surface area contributed by atoms with Crippen LogP contribution in [0.3, 0.4) is 0 Å². The van der Waals surface area contributed by atoms with E-state index < -0.39 is 0 Å². The van der Waals surface area contributed by atoms with E-state index in [-0.39, 0.29) is 0 Å². The van der Waals surface area contributed by atoms with Gasteiger partial charge in [0.1, 0.15) is 5.02 Å². The fourth-order valence-electron chi connectivity index (χ4n) is 1.05. The number of hydrogen-bond donors (Lipinski definition) is 2. The number of unbranched alkanes of at least 4 members (excludes halogenated alkanes) is 1. The highest BCUT2D eigenvalue weighted by molar-refractivity contribution is 6.32. The van der Waals surface area contributed by atoms with Crippen molar-refractivity contribution in [2.45, 2.75) is 12.8 Å². The van der Waals surface area contributed by atoms with Crippen molar-refractivity contribution in [3.63, 3.8) is 0 Å². The molecule has 1 aromatic rings. The van der Waals surface area contributed by atoms with Crippen molar-refractivity contribution < 1.29 is 4.74 Å². The number of nitrogens with zero attached hydrogens (tertiary/aromatic N) is 2. The molecule has 0 aliphatic carbocycles. The molecule has 0 radical (unpaired) electrons. The number of methoxy groups -OCH3 is 1. The van der Waals surface area contributed by atoms with E-state index >= 15 is 0 Å². The maximum absolute atomic E-state index is 5.90. The molecule has 0 bridgehead atoms. The molecule has 0 fully saturated rings. The minimum Gasteiger partial charge on any atom is -0.467 e. The lowest BCUT2D eigenvalue weighted by Gasteiger charge is -2.07. The number of nitrogens with two attached hydrogens (primary N) is 1. The van der Waals surface area contributed by atoms with Crippen LogP contribution in [0.5, 0.6) is 6.01 Å². The molecule has 1 aromatic heterocycles. The van der Waals surface area contributed by atoms with Crippen LogP contribution in [-0.4, -0.2) is 30.2 Å². The molecule has 0 saturated heterocycles. The second-order valence-electron chi connectivity index (χ2n) is 2.98. The van der Waals surface area contributed by atoms with Gasteiger partial charge in [-0.15, -0.1) is 0 Å². The van der Waals surface area contributed by atoms with Gasteiger partial charge in [-0.25, -0.2) is 4.98 Å². The monoisotopic (exact) mass is 230 g/mol. The highest BCUT2D eigenvalue weighted by Crippen LogP contribution is 2.19. The maximum atomic E-state index is 5.90. The first kappa shape index (κ1) is 12.0. The van der Waals surface area contributed by atoms with Crippen molar-refractivity contribution in [1.29, 1.82) is 0 Å². The highest BCUT2D eigenvalue weighted by Gasteiger charge is 2.04. The molecule has 0 unspecified atom stereocenters. The average Bonchev–Trinajstić information content (AvgIpc) is 2.26. The van der Waals surface area contributed by atoms with Crippen LogP contribution in [0.1, 0.15) is 12.8 Å². The number of hydrogen-bond acceptors (Lipinski definition) is 5. The molecule has 0 aliphatic rings. The number of nitrogens with one attached hydrogen (secondary N) is 1. The molecule has 0 amide bonds. The van der Waals surface area contributed by atoms with E-state index in [1.165, 1.54) is 13.3 Å². The first-order chi connectivity index (χ1) is 7.27. The minimum absolute atomic E-state index is 0.306. The third kappa shape index (κ3) is 3.89. The van der Waals surface area contributed by atoms with E-state index in [0.29, 0.717) is 23.4 Å². The van der Waals surface area contributed by atoms with Gasteiger partial charge in [-0.1, -0.05) is 11.6 Å². The van der Waals surface area contributed by atoms with Crippen molar-refractivity contribution >= 4 is 17.4 Å². The Morgan fingerprint density at radius 1 is 1.53 bits per heavy atom. The zero-order chi connectivity index (χ0) is 11.1. The average molecular weight is 231 g/mol. The van der Waals surface area contributed by atoms with E-state index in [0.717, 1.165) is 19.4 Å². The van der Waals surface area contributed by atoms with Crippen molar-refractivity contribution in [2.24, 2.45) is 5.73 Å². The molecule has 3 N–H and O–H groups in total. The van der Waals surface area contributed by atoms with Gasteiger partial charge in [0, 0.05) is 6.54 Å². The standard InChI is InChI=1S/C9H15ClN4O/c1-15-9-13-6-7(10)8(14-9)12-5-3-2-4-11/h6H,2-5,11H2,1H3,(H,12,13,14). The quantitative estimate of drug-likeness (QED) is 0.721. The van der Waals surface area contributed by atoms with Gasteiger partial charge in [0.15, 0.2) is 5.82 Å². The molecule has 0 spiro atoms. The van der Waals surface area contributed by atoms with Gasteiger partial charge in [-0.05, 0) is 19.4 Å². The second kappa shape index (κ2) is 6.42. The molecular weight excluding hydrogens is 216 g/mol. The third-order valence-electron chi connectivity index (χ3n) is 1.83. The lowest BCUT2D eigenvalue weighted by Crippen LogP contribution is -2.07. The van der Waals surface area contributed by atoms with Gasteiger partial charge in [0.2, 0.25) is 0 Å². The van der Waals surface area contributed by atoms with Crippen molar-refractivity contribution in [1.82, 2.24) is 9.97 Å². The molecule has 0 atom stereocenters. The lowest BCUT2D eigenvalue weighted by molar-refractivity contribution is 0.380. The van der Waals surface area contributed by atoms with E-state index in [4.69, 9.17) is 22.1 Å². The summed E-state index contributed by atoms with van der Waals surface area (Å²) in [6.07, 6.45) is 3.48. The van der Waals surface area contributed by atoms with Gasteiger partial charge in [-0.2, -0.15) is 4.98 Å². The summed E-state index contributed by atoms with van der Waals surface area (Å²) in [7, 11) is 1.52. The van der Waals surface area contributed by atoms with Crippen LogP contribution in [0.2, 0.25) is 5.02 Å². The summed E-state index contributed by atoms with van der Waals surface area (Å²) in [6.45, 7) is 1.49. The molecule has 1 heterocycles. The zero-order valence-corrected chi connectivity index (χ0v) is 9.42.